The van der Waals surface area contributed by atoms with E-state index in [2.05, 4.69) is 4.98 Å². The minimum Gasteiger partial charge on any atom is -0.381 e. The Morgan fingerprint density at radius 2 is 1.75 bits per heavy atom. The molecule has 0 aliphatic carbocycles. The number of fused-ring (bicyclic) bond motifs is 1. The highest BCUT2D eigenvalue weighted by atomic mass is 19.1. The predicted molar refractivity (Wildman–Crippen MR) is 76.8 cm³/mol. The Balaban J connectivity index is 2.16. The fourth-order valence-electron chi connectivity index (χ4n) is 2.35. The van der Waals surface area contributed by atoms with Gasteiger partial charge in [0, 0.05) is 22.7 Å². The maximum absolute atomic E-state index is 13.9. The van der Waals surface area contributed by atoms with Gasteiger partial charge in [-0.3, -0.25) is 4.98 Å². The van der Waals surface area contributed by atoms with Crippen LogP contribution in [0.15, 0.2) is 60.8 Å². The van der Waals surface area contributed by atoms with Gasteiger partial charge >= 0.3 is 0 Å². The molecule has 0 bridgehead atoms. The fraction of sp³-hybridized carbons (Fsp3) is 0.118. The Kier molecular flexibility index (Phi) is 2.99. The first kappa shape index (κ1) is 12.8. The molecule has 0 saturated heterocycles. The summed E-state index contributed by atoms with van der Waals surface area (Å²) in [5.74, 6) is -0.425. The van der Waals surface area contributed by atoms with E-state index in [-0.39, 0.29) is 5.56 Å². The fourth-order valence-corrected chi connectivity index (χ4v) is 2.35. The second-order valence-electron chi connectivity index (χ2n) is 4.97. The van der Waals surface area contributed by atoms with Crippen LogP contribution in [-0.4, -0.2) is 10.1 Å². The molecule has 3 heteroatoms. The predicted octanol–water partition coefficient (Wildman–Crippen LogP) is 3.63. The maximum atomic E-state index is 13.9. The first-order chi connectivity index (χ1) is 9.59. The monoisotopic (exact) mass is 267 g/mol. The van der Waals surface area contributed by atoms with E-state index in [1.54, 1.807) is 31.3 Å². The Labute approximate surface area is 116 Å². The summed E-state index contributed by atoms with van der Waals surface area (Å²) in [6.45, 7) is 1.58. The molecule has 1 N–H and O–H groups in total. The molecular formula is C17H14FNO. The first-order valence-electron chi connectivity index (χ1n) is 6.42. The molecule has 0 aliphatic heterocycles. The summed E-state index contributed by atoms with van der Waals surface area (Å²) in [6, 6.07) is 15.7. The largest absolute Gasteiger partial charge is 0.381 e. The maximum Gasteiger partial charge on any atom is 0.129 e. The average Bonchev–Trinajstić information content (AvgIpc) is 2.47. The van der Waals surface area contributed by atoms with Gasteiger partial charge in [-0.2, -0.15) is 0 Å². The van der Waals surface area contributed by atoms with Crippen LogP contribution in [0.3, 0.4) is 0 Å². The summed E-state index contributed by atoms with van der Waals surface area (Å²) in [5, 5.41) is 11.6. The molecule has 0 spiro atoms. The van der Waals surface area contributed by atoms with E-state index < -0.39 is 11.4 Å². The molecule has 1 aromatic heterocycles. The summed E-state index contributed by atoms with van der Waals surface area (Å²) in [6.07, 6.45) is 1.59. The summed E-state index contributed by atoms with van der Waals surface area (Å²) in [5.41, 5.74) is 0.251. The number of nitrogens with zero attached hydrogens (tertiary/aromatic N) is 1. The molecule has 0 fully saturated rings. The average molecular weight is 267 g/mol. The molecule has 3 aromatic rings. The van der Waals surface area contributed by atoms with Gasteiger partial charge in [0.2, 0.25) is 0 Å². The molecule has 1 heterocycles. The van der Waals surface area contributed by atoms with Crippen molar-refractivity contribution in [2.45, 2.75) is 12.5 Å². The molecule has 0 radical (unpaired) electrons. The van der Waals surface area contributed by atoms with Crippen LogP contribution in [0.25, 0.3) is 10.9 Å². The molecule has 1 atom stereocenters. The molecule has 20 heavy (non-hydrogen) atoms. The second kappa shape index (κ2) is 4.69. The van der Waals surface area contributed by atoms with E-state index in [1.165, 1.54) is 6.07 Å². The summed E-state index contributed by atoms with van der Waals surface area (Å²) < 4.78 is 13.9. The lowest BCUT2D eigenvalue weighted by Crippen LogP contribution is -2.24. The van der Waals surface area contributed by atoms with Crippen molar-refractivity contribution in [3.8, 4) is 0 Å². The van der Waals surface area contributed by atoms with Crippen molar-refractivity contribution in [1.29, 1.82) is 0 Å². The van der Waals surface area contributed by atoms with Gasteiger partial charge in [0.05, 0.1) is 5.52 Å². The number of benzene rings is 2. The summed E-state index contributed by atoms with van der Waals surface area (Å²) >= 11 is 0. The van der Waals surface area contributed by atoms with Gasteiger partial charge in [0.15, 0.2) is 0 Å². The van der Waals surface area contributed by atoms with E-state index in [9.17, 15) is 9.50 Å². The number of aromatic nitrogens is 1. The van der Waals surface area contributed by atoms with Crippen molar-refractivity contribution in [2.75, 3.05) is 0 Å². The van der Waals surface area contributed by atoms with Crippen molar-refractivity contribution in [2.24, 2.45) is 0 Å². The third-order valence-electron chi connectivity index (χ3n) is 3.55. The molecule has 2 aromatic carbocycles. The van der Waals surface area contributed by atoms with Gasteiger partial charge in [0.25, 0.3) is 0 Å². The standard InChI is InChI=1S/C17H14FNO/c1-17(20,14-7-3-4-8-15(14)18)13-10-12-6-2-5-9-16(12)19-11-13/h2-11,20H,1H3. The van der Waals surface area contributed by atoms with Gasteiger partial charge in [-0.15, -0.1) is 0 Å². The zero-order valence-electron chi connectivity index (χ0n) is 11.0. The summed E-state index contributed by atoms with van der Waals surface area (Å²) in [4.78, 5) is 4.32. The van der Waals surface area contributed by atoms with E-state index >= 15 is 0 Å². The second-order valence-corrected chi connectivity index (χ2v) is 4.97. The van der Waals surface area contributed by atoms with Gasteiger partial charge < -0.3 is 5.11 Å². The van der Waals surface area contributed by atoms with Crippen LogP contribution in [0.1, 0.15) is 18.1 Å². The highest BCUT2D eigenvalue weighted by Crippen LogP contribution is 2.31. The highest BCUT2D eigenvalue weighted by molar-refractivity contribution is 5.79. The number of hydrogen-bond donors (Lipinski definition) is 1. The highest BCUT2D eigenvalue weighted by Gasteiger charge is 2.29. The lowest BCUT2D eigenvalue weighted by Gasteiger charge is -2.24. The number of halogens is 1. The van der Waals surface area contributed by atoms with Gasteiger partial charge in [-0.05, 0) is 25.1 Å². The molecule has 0 amide bonds. The number of aliphatic hydroxyl groups is 1. The number of pyridine rings is 1. The Hall–Kier alpha value is -2.26. The molecule has 2 nitrogen and oxygen atoms in total. The Morgan fingerprint density at radius 3 is 2.55 bits per heavy atom. The molecule has 0 aliphatic rings. The van der Waals surface area contributed by atoms with Gasteiger partial charge in [-0.25, -0.2) is 4.39 Å². The zero-order chi connectivity index (χ0) is 14.2. The SMILES string of the molecule is CC(O)(c1cnc2ccccc2c1)c1ccccc1F. The zero-order valence-corrected chi connectivity index (χ0v) is 11.0. The van der Waals surface area contributed by atoms with Crippen LogP contribution in [0, 0.1) is 5.82 Å². The molecule has 1 unspecified atom stereocenters. The minimum atomic E-state index is -1.41. The van der Waals surface area contributed by atoms with Crippen LogP contribution >= 0.6 is 0 Å². The smallest absolute Gasteiger partial charge is 0.129 e. The molecular weight excluding hydrogens is 253 g/mol. The normalized spacial score (nSPS) is 14.2. The van der Waals surface area contributed by atoms with Crippen molar-refractivity contribution in [3.05, 3.63) is 77.7 Å². The van der Waals surface area contributed by atoms with Crippen LogP contribution in [0.4, 0.5) is 4.39 Å². The minimum absolute atomic E-state index is 0.247. The summed E-state index contributed by atoms with van der Waals surface area (Å²) in [7, 11) is 0. The van der Waals surface area contributed by atoms with E-state index in [4.69, 9.17) is 0 Å². The lowest BCUT2D eigenvalue weighted by molar-refractivity contribution is 0.0977. The molecule has 0 saturated carbocycles. The topological polar surface area (TPSA) is 33.1 Å². The number of rotatable bonds is 2. The van der Waals surface area contributed by atoms with Crippen LogP contribution in [-0.2, 0) is 5.60 Å². The number of hydrogen-bond acceptors (Lipinski definition) is 2. The van der Waals surface area contributed by atoms with E-state index in [0.717, 1.165) is 10.9 Å². The van der Waals surface area contributed by atoms with Crippen molar-refractivity contribution < 1.29 is 9.50 Å². The third kappa shape index (κ3) is 2.06. The van der Waals surface area contributed by atoms with Crippen LogP contribution < -0.4 is 0 Å². The Bertz CT molecular complexity index is 768. The third-order valence-corrected chi connectivity index (χ3v) is 3.55. The van der Waals surface area contributed by atoms with E-state index in [0.29, 0.717) is 5.56 Å². The lowest BCUT2D eigenvalue weighted by atomic mass is 9.88. The molecule has 100 valence electrons. The molecule has 3 rings (SSSR count). The van der Waals surface area contributed by atoms with Crippen molar-refractivity contribution in [3.63, 3.8) is 0 Å². The first-order valence-corrected chi connectivity index (χ1v) is 6.42. The van der Waals surface area contributed by atoms with Crippen LogP contribution in [0.2, 0.25) is 0 Å². The quantitative estimate of drug-likeness (QED) is 0.769. The van der Waals surface area contributed by atoms with Gasteiger partial charge in [-0.1, -0.05) is 36.4 Å². The van der Waals surface area contributed by atoms with E-state index in [1.807, 2.05) is 30.3 Å². The van der Waals surface area contributed by atoms with Crippen molar-refractivity contribution >= 4 is 10.9 Å². The number of para-hydroxylation sites is 1. The van der Waals surface area contributed by atoms with Crippen LogP contribution in [0.5, 0.6) is 0 Å². The Morgan fingerprint density at radius 1 is 1.05 bits per heavy atom. The van der Waals surface area contributed by atoms with Gasteiger partial charge in [0.1, 0.15) is 11.4 Å². The van der Waals surface area contributed by atoms with Crippen molar-refractivity contribution in [1.82, 2.24) is 4.98 Å².